The van der Waals surface area contributed by atoms with Gasteiger partial charge >= 0.3 is 0 Å². The summed E-state index contributed by atoms with van der Waals surface area (Å²) in [6.45, 7) is 7.39. The number of hydrogen-bond acceptors (Lipinski definition) is 13. The Balaban J connectivity index is 0. The maximum Gasteiger partial charge on any atom is 0.269 e. The number of nitrogens with one attached hydrogen (secondary N) is 4. The average molecular weight is 606 g/mol. The third-order valence-corrected chi connectivity index (χ3v) is 5.02. The normalized spacial score (nSPS) is 12.1. The molecule has 43 heavy (non-hydrogen) atoms. The van der Waals surface area contributed by atoms with Crippen molar-refractivity contribution in [3.05, 3.63) is 84.2 Å². The number of carbonyl (C=O) groups excluding carboxylic acids is 5. The first kappa shape index (κ1) is 40.3. The molecule has 0 rings (SSSR count). The van der Waals surface area contributed by atoms with E-state index in [1.807, 2.05) is 7.05 Å². The van der Waals surface area contributed by atoms with E-state index in [0.717, 1.165) is 19.4 Å². The number of nitrogens with zero attached hydrogens (tertiary/aromatic N) is 3. The highest BCUT2D eigenvalue weighted by molar-refractivity contribution is 5.92. The lowest BCUT2D eigenvalue weighted by atomic mass is 10.3. The molecule has 7 N–H and O–H groups in total. The van der Waals surface area contributed by atoms with Gasteiger partial charge < -0.3 is 26.4 Å². The summed E-state index contributed by atoms with van der Waals surface area (Å²) in [6, 6.07) is 0. The lowest BCUT2D eigenvalue weighted by molar-refractivity contribution is -0.124. The summed E-state index contributed by atoms with van der Waals surface area (Å²) in [4.78, 5) is 55.4. The van der Waals surface area contributed by atoms with Gasteiger partial charge in [-0.2, -0.15) is 0 Å². The summed E-state index contributed by atoms with van der Waals surface area (Å²) >= 11 is 0. The fourth-order valence-corrected chi connectivity index (χ4v) is 2.87. The van der Waals surface area contributed by atoms with Gasteiger partial charge in [0.15, 0.2) is 6.29 Å². The number of hydroxylamine groups is 4. The largest absolute Gasteiger partial charge is 0.516 e. The minimum absolute atomic E-state index is 0.00163. The van der Waals surface area contributed by atoms with Crippen LogP contribution in [0.1, 0.15) is 0 Å². The summed E-state index contributed by atoms with van der Waals surface area (Å²) < 4.78 is 0. The smallest absolute Gasteiger partial charge is 0.269 e. The van der Waals surface area contributed by atoms with Crippen molar-refractivity contribution >= 4 is 31.2 Å². The van der Waals surface area contributed by atoms with E-state index in [0.29, 0.717) is 73.0 Å². The molecule has 0 atom stereocenters. The van der Waals surface area contributed by atoms with E-state index in [1.54, 1.807) is 0 Å². The zero-order valence-corrected chi connectivity index (χ0v) is 24.7. The molecule has 0 aliphatic carbocycles. The standard InChI is InChI=1S/C21H34N6O5.C7H9NO3/c1-18(19(25-17-30)7-6-16-29)23-10-13-27(12-9-22-2)14-11-24-21(31)20(26(3)32)8-4-5-15-28;1-8(11)7(6-10)4-2-3-5-9/h4-8,15-17,22-23,29,32H,1,9-14H2,2-3H3,(H,24,31)(H,25,30);2-6,11H,1H3/b5-4-,16-6-,19-7-,20-8-;3-2-,7-4-. The summed E-state index contributed by atoms with van der Waals surface area (Å²) in [5, 5.41) is 39.9. The SMILES string of the molecule is C=C(NCCN(CCNC)CCNC(=O)/C(=C/C=C\C=O)N(C)O)/C(=C/C=C\O)NC=O.CN(O)/C(C=O)=C\C=C/C=O. The number of carbonyl (C=O) groups is 5. The molecule has 2 amide bonds. The van der Waals surface area contributed by atoms with Crippen molar-refractivity contribution in [3.8, 4) is 0 Å². The van der Waals surface area contributed by atoms with E-state index in [9.17, 15) is 29.2 Å². The van der Waals surface area contributed by atoms with Crippen LogP contribution in [0.3, 0.4) is 0 Å². The summed E-state index contributed by atoms with van der Waals surface area (Å²) in [5.74, 6) is -0.475. The number of likely N-dealkylation sites (N-methyl/N-ethyl adjacent to an activating group) is 3. The molecule has 0 aromatic heterocycles. The van der Waals surface area contributed by atoms with E-state index in [2.05, 4.69) is 32.7 Å². The number of amides is 2. The third-order valence-electron chi connectivity index (χ3n) is 5.02. The number of rotatable bonds is 22. The van der Waals surface area contributed by atoms with Crippen molar-refractivity contribution in [2.75, 3.05) is 60.4 Å². The van der Waals surface area contributed by atoms with Crippen LogP contribution in [0.15, 0.2) is 84.2 Å². The molecule has 0 aromatic rings. The molecule has 15 nitrogen and oxygen atoms in total. The minimum Gasteiger partial charge on any atom is -0.516 e. The molecule has 0 saturated carbocycles. The lowest BCUT2D eigenvalue weighted by Crippen LogP contribution is -2.42. The van der Waals surface area contributed by atoms with Crippen LogP contribution in [0, 0.1) is 0 Å². The second kappa shape index (κ2) is 27.3. The molecular formula is C28H43N7O8. The number of hydrogen-bond donors (Lipinski definition) is 7. The highest BCUT2D eigenvalue weighted by Crippen LogP contribution is 2.01. The van der Waals surface area contributed by atoms with Gasteiger partial charge in [-0.3, -0.25) is 49.4 Å². The zero-order valence-electron chi connectivity index (χ0n) is 24.7. The Morgan fingerprint density at radius 3 is 1.86 bits per heavy atom. The van der Waals surface area contributed by atoms with Gasteiger partial charge in [0.05, 0.1) is 17.7 Å². The van der Waals surface area contributed by atoms with Gasteiger partial charge in [-0.15, -0.1) is 0 Å². The predicted octanol–water partition coefficient (Wildman–Crippen LogP) is -0.466. The Morgan fingerprint density at radius 2 is 1.37 bits per heavy atom. The summed E-state index contributed by atoms with van der Waals surface area (Å²) in [6.07, 6.45) is 13.7. The highest BCUT2D eigenvalue weighted by Gasteiger charge is 2.13. The van der Waals surface area contributed by atoms with Crippen molar-refractivity contribution in [1.29, 1.82) is 0 Å². The first-order chi connectivity index (χ1) is 20.6. The van der Waals surface area contributed by atoms with Crippen LogP contribution >= 0.6 is 0 Å². The zero-order chi connectivity index (χ0) is 32.9. The van der Waals surface area contributed by atoms with Crippen LogP contribution < -0.4 is 21.3 Å². The summed E-state index contributed by atoms with van der Waals surface area (Å²) in [7, 11) is 4.48. The van der Waals surface area contributed by atoms with Crippen LogP contribution in [-0.4, -0.2) is 122 Å². The Kier molecular flexibility index (Phi) is 25.6. The van der Waals surface area contributed by atoms with Gasteiger partial charge in [0.2, 0.25) is 6.41 Å². The highest BCUT2D eigenvalue weighted by atomic mass is 16.5. The van der Waals surface area contributed by atoms with Crippen molar-refractivity contribution in [3.63, 3.8) is 0 Å². The predicted molar refractivity (Wildman–Crippen MR) is 161 cm³/mol. The van der Waals surface area contributed by atoms with Crippen molar-refractivity contribution in [1.82, 2.24) is 36.3 Å². The monoisotopic (exact) mass is 605 g/mol. The van der Waals surface area contributed by atoms with Gasteiger partial charge in [0.1, 0.15) is 24.0 Å². The average Bonchev–Trinajstić information content (AvgIpc) is 2.97. The van der Waals surface area contributed by atoms with Crippen LogP contribution in [0.25, 0.3) is 0 Å². The molecule has 0 fully saturated rings. The Morgan fingerprint density at radius 1 is 0.791 bits per heavy atom. The van der Waals surface area contributed by atoms with E-state index in [4.69, 9.17) is 10.3 Å². The topological polar surface area (TPSA) is 204 Å². The number of aliphatic hydroxyl groups is 1. The molecule has 0 saturated heterocycles. The third kappa shape index (κ3) is 21.6. The molecule has 0 radical (unpaired) electrons. The number of allylic oxidation sites excluding steroid dienone is 9. The first-order valence-electron chi connectivity index (χ1n) is 12.9. The lowest BCUT2D eigenvalue weighted by Gasteiger charge is -2.24. The summed E-state index contributed by atoms with van der Waals surface area (Å²) in [5.41, 5.74) is 1.00. The Bertz CT molecular complexity index is 1050. The molecule has 0 aliphatic heterocycles. The van der Waals surface area contributed by atoms with Gasteiger partial charge in [-0.25, -0.2) is 0 Å². The van der Waals surface area contributed by atoms with Gasteiger partial charge in [-0.1, -0.05) is 18.7 Å². The quantitative estimate of drug-likeness (QED) is 0.0275. The second-order valence-corrected chi connectivity index (χ2v) is 8.14. The fraction of sp³-hybridized carbons (Fsp3) is 0.321. The second-order valence-electron chi connectivity index (χ2n) is 8.14. The van der Waals surface area contributed by atoms with E-state index in [1.165, 1.54) is 62.7 Å². The molecule has 0 heterocycles. The maximum atomic E-state index is 12.3. The Hall–Kier alpha value is -4.83. The molecule has 0 spiro atoms. The van der Waals surface area contributed by atoms with Crippen LogP contribution in [0.5, 0.6) is 0 Å². The minimum atomic E-state index is -0.475. The van der Waals surface area contributed by atoms with Gasteiger partial charge in [0.25, 0.3) is 5.91 Å². The van der Waals surface area contributed by atoms with E-state index >= 15 is 0 Å². The van der Waals surface area contributed by atoms with Crippen LogP contribution in [-0.2, 0) is 24.0 Å². The van der Waals surface area contributed by atoms with Crippen molar-refractivity contribution in [2.45, 2.75) is 0 Å². The number of aldehydes is 3. The number of aliphatic hydroxyl groups excluding tert-OH is 1. The molecular weight excluding hydrogens is 562 g/mol. The Labute approximate surface area is 251 Å². The van der Waals surface area contributed by atoms with Crippen molar-refractivity contribution in [2.24, 2.45) is 0 Å². The molecule has 0 aromatic carbocycles. The maximum absolute atomic E-state index is 12.3. The fourth-order valence-electron chi connectivity index (χ4n) is 2.87. The van der Waals surface area contributed by atoms with E-state index in [-0.39, 0.29) is 11.4 Å². The molecule has 0 aliphatic rings. The molecule has 0 unspecified atom stereocenters. The van der Waals surface area contributed by atoms with Crippen LogP contribution in [0.4, 0.5) is 0 Å². The first-order valence-corrected chi connectivity index (χ1v) is 12.9. The van der Waals surface area contributed by atoms with Crippen molar-refractivity contribution < 1.29 is 39.5 Å². The molecule has 0 bridgehead atoms. The molecule has 15 heteroatoms. The van der Waals surface area contributed by atoms with Gasteiger partial charge in [0, 0.05) is 53.4 Å². The molecule has 238 valence electrons. The van der Waals surface area contributed by atoms with E-state index < -0.39 is 5.91 Å². The van der Waals surface area contributed by atoms with Crippen LogP contribution in [0.2, 0.25) is 0 Å². The van der Waals surface area contributed by atoms with Gasteiger partial charge in [-0.05, 0) is 43.5 Å².